The van der Waals surface area contributed by atoms with Gasteiger partial charge in [0, 0.05) is 29.6 Å². The Morgan fingerprint density at radius 1 is 1.16 bits per heavy atom. The molecule has 0 aliphatic carbocycles. The molecule has 1 heterocycles. The Kier molecular flexibility index (Phi) is 5.56. The van der Waals surface area contributed by atoms with E-state index in [-0.39, 0.29) is 11.8 Å². The molecule has 1 N–H and O–H groups in total. The lowest BCUT2D eigenvalue weighted by Gasteiger charge is -2.15. The summed E-state index contributed by atoms with van der Waals surface area (Å²) in [5, 5.41) is 2.89. The Hall–Kier alpha value is -2.53. The molecule has 0 atom stereocenters. The van der Waals surface area contributed by atoms with E-state index in [1.165, 1.54) is 6.08 Å². The molecular weight excluding hydrogens is 332 g/mol. The molecule has 1 aliphatic rings. The van der Waals surface area contributed by atoms with Crippen molar-refractivity contribution in [1.29, 1.82) is 0 Å². The first-order valence-electron chi connectivity index (χ1n) is 8.20. The van der Waals surface area contributed by atoms with Crippen molar-refractivity contribution in [3.8, 4) is 0 Å². The highest BCUT2D eigenvalue weighted by molar-refractivity contribution is 7.98. The minimum Gasteiger partial charge on any atom is -0.321 e. The topological polar surface area (TPSA) is 49.4 Å². The van der Waals surface area contributed by atoms with Crippen LogP contribution in [0.3, 0.4) is 0 Å². The van der Waals surface area contributed by atoms with Gasteiger partial charge in [-0.05, 0) is 48.6 Å². The molecule has 0 bridgehead atoms. The second-order valence-electron chi connectivity index (χ2n) is 5.76. The van der Waals surface area contributed by atoms with Crippen molar-refractivity contribution < 1.29 is 9.59 Å². The van der Waals surface area contributed by atoms with Gasteiger partial charge in [0.25, 0.3) is 0 Å². The van der Waals surface area contributed by atoms with Crippen LogP contribution < -0.4 is 10.2 Å². The molecule has 0 saturated carbocycles. The normalized spacial score (nSPS) is 14.3. The lowest BCUT2D eigenvalue weighted by molar-refractivity contribution is -0.117. The summed E-state index contributed by atoms with van der Waals surface area (Å²) in [6, 6.07) is 15.4. The van der Waals surface area contributed by atoms with Crippen LogP contribution in [0.4, 0.5) is 11.4 Å². The Bertz CT molecular complexity index is 800. The van der Waals surface area contributed by atoms with Crippen molar-refractivity contribution in [2.45, 2.75) is 17.7 Å². The number of amides is 2. The molecule has 2 aromatic carbocycles. The number of benzene rings is 2. The van der Waals surface area contributed by atoms with Crippen molar-refractivity contribution in [1.82, 2.24) is 0 Å². The molecule has 3 rings (SSSR count). The molecule has 2 aromatic rings. The van der Waals surface area contributed by atoms with Gasteiger partial charge < -0.3 is 10.2 Å². The Morgan fingerprint density at radius 2 is 1.92 bits per heavy atom. The number of rotatable bonds is 5. The largest absolute Gasteiger partial charge is 0.321 e. The van der Waals surface area contributed by atoms with Crippen LogP contribution in [0.1, 0.15) is 18.4 Å². The summed E-state index contributed by atoms with van der Waals surface area (Å²) < 4.78 is 0. The highest BCUT2D eigenvalue weighted by atomic mass is 32.2. The van der Waals surface area contributed by atoms with Gasteiger partial charge in [-0.3, -0.25) is 9.59 Å². The summed E-state index contributed by atoms with van der Waals surface area (Å²) in [4.78, 5) is 26.7. The summed E-state index contributed by atoms with van der Waals surface area (Å²) in [5.74, 6) is 0.00965. The quantitative estimate of drug-likeness (QED) is 0.648. The fourth-order valence-electron chi connectivity index (χ4n) is 2.78. The molecule has 5 heteroatoms. The summed E-state index contributed by atoms with van der Waals surface area (Å²) in [6.45, 7) is 0.783. The van der Waals surface area contributed by atoms with Crippen molar-refractivity contribution in [2.75, 3.05) is 23.0 Å². The average molecular weight is 352 g/mol. The SMILES string of the molecule is CSc1ccccc1NC(=O)C=Cc1ccc(N2CCCC2=O)cc1. The number of anilines is 2. The molecule has 1 aliphatic heterocycles. The Morgan fingerprint density at radius 3 is 2.60 bits per heavy atom. The van der Waals surface area contributed by atoms with Crippen molar-refractivity contribution in [3.63, 3.8) is 0 Å². The van der Waals surface area contributed by atoms with Gasteiger partial charge in [-0.25, -0.2) is 0 Å². The fourth-order valence-corrected chi connectivity index (χ4v) is 3.33. The van der Waals surface area contributed by atoms with E-state index < -0.39 is 0 Å². The van der Waals surface area contributed by atoms with Crippen LogP contribution >= 0.6 is 11.8 Å². The molecule has 0 aromatic heterocycles. The molecule has 0 spiro atoms. The zero-order valence-electron chi connectivity index (χ0n) is 14.1. The lowest BCUT2D eigenvalue weighted by atomic mass is 10.2. The zero-order valence-corrected chi connectivity index (χ0v) is 14.9. The summed E-state index contributed by atoms with van der Waals surface area (Å²) in [6.07, 6.45) is 6.81. The van der Waals surface area contributed by atoms with Crippen molar-refractivity contribution >= 4 is 41.0 Å². The zero-order chi connectivity index (χ0) is 17.6. The number of hydrogen-bond acceptors (Lipinski definition) is 3. The second-order valence-corrected chi connectivity index (χ2v) is 6.61. The van der Waals surface area contributed by atoms with Gasteiger partial charge in [0.2, 0.25) is 11.8 Å². The molecule has 4 nitrogen and oxygen atoms in total. The van der Waals surface area contributed by atoms with Gasteiger partial charge in [0.15, 0.2) is 0 Å². The molecule has 0 unspecified atom stereocenters. The van der Waals surface area contributed by atoms with E-state index in [0.29, 0.717) is 6.42 Å². The fraction of sp³-hybridized carbons (Fsp3) is 0.200. The molecule has 1 fully saturated rings. The number of hydrogen-bond donors (Lipinski definition) is 1. The van der Waals surface area contributed by atoms with Crippen LogP contribution in [0.15, 0.2) is 59.5 Å². The molecular formula is C20H20N2O2S. The number of carbonyl (C=O) groups excluding carboxylic acids is 2. The maximum absolute atomic E-state index is 12.1. The van der Waals surface area contributed by atoms with Gasteiger partial charge in [0.05, 0.1) is 5.69 Å². The van der Waals surface area contributed by atoms with Gasteiger partial charge in [-0.1, -0.05) is 24.3 Å². The van der Waals surface area contributed by atoms with E-state index in [1.54, 1.807) is 22.7 Å². The Labute approximate surface area is 151 Å². The molecule has 2 amide bonds. The third-order valence-electron chi connectivity index (χ3n) is 4.07. The van der Waals surface area contributed by atoms with E-state index in [2.05, 4.69) is 5.32 Å². The maximum Gasteiger partial charge on any atom is 0.248 e. The van der Waals surface area contributed by atoms with E-state index in [0.717, 1.165) is 34.8 Å². The minimum atomic E-state index is -0.166. The van der Waals surface area contributed by atoms with E-state index in [4.69, 9.17) is 0 Å². The van der Waals surface area contributed by atoms with Gasteiger partial charge in [0.1, 0.15) is 0 Å². The Balaban J connectivity index is 1.63. The van der Waals surface area contributed by atoms with E-state index in [9.17, 15) is 9.59 Å². The molecule has 128 valence electrons. The third-order valence-corrected chi connectivity index (χ3v) is 4.87. The summed E-state index contributed by atoms with van der Waals surface area (Å²) in [5.41, 5.74) is 2.65. The van der Waals surface area contributed by atoms with Gasteiger partial charge in [-0.2, -0.15) is 0 Å². The monoisotopic (exact) mass is 352 g/mol. The van der Waals surface area contributed by atoms with Crippen LogP contribution in [0.25, 0.3) is 6.08 Å². The molecule has 0 radical (unpaired) electrons. The first-order valence-corrected chi connectivity index (χ1v) is 9.42. The van der Waals surface area contributed by atoms with Crippen LogP contribution in [-0.4, -0.2) is 24.6 Å². The van der Waals surface area contributed by atoms with E-state index >= 15 is 0 Å². The number of nitrogens with one attached hydrogen (secondary N) is 1. The smallest absolute Gasteiger partial charge is 0.248 e. The summed E-state index contributed by atoms with van der Waals surface area (Å²) in [7, 11) is 0. The highest BCUT2D eigenvalue weighted by Gasteiger charge is 2.21. The number of para-hydroxylation sites is 1. The summed E-state index contributed by atoms with van der Waals surface area (Å²) >= 11 is 1.59. The van der Waals surface area contributed by atoms with Crippen LogP contribution in [-0.2, 0) is 9.59 Å². The maximum atomic E-state index is 12.1. The van der Waals surface area contributed by atoms with Crippen LogP contribution in [0.5, 0.6) is 0 Å². The predicted molar refractivity (Wildman–Crippen MR) is 104 cm³/mol. The number of thioether (sulfide) groups is 1. The standard InChI is InChI=1S/C20H20N2O2S/c1-25-18-6-3-2-5-17(18)21-19(23)13-10-15-8-11-16(12-9-15)22-14-4-7-20(22)24/h2-3,5-6,8-13H,4,7,14H2,1H3,(H,21,23). The minimum absolute atomic E-state index is 0.166. The predicted octanol–water partition coefficient (Wildman–Crippen LogP) is 4.19. The third kappa shape index (κ3) is 4.31. The van der Waals surface area contributed by atoms with Crippen molar-refractivity contribution in [3.05, 3.63) is 60.2 Å². The molecule has 25 heavy (non-hydrogen) atoms. The number of nitrogens with zero attached hydrogens (tertiary/aromatic N) is 1. The highest BCUT2D eigenvalue weighted by Crippen LogP contribution is 2.25. The van der Waals surface area contributed by atoms with Gasteiger partial charge >= 0.3 is 0 Å². The van der Waals surface area contributed by atoms with Crippen molar-refractivity contribution in [2.24, 2.45) is 0 Å². The number of carbonyl (C=O) groups is 2. The van der Waals surface area contributed by atoms with E-state index in [1.807, 2.05) is 54.8 Å². The first-order chi connectivity index (χ1) is 12.2. The first kappa shape index (κ1) is 17.3. The molecule has 1 saturated heterocycles. The van der Waals surface area contributed by atoms with Crippen LogP contribution in [0, 0.1) is 0 Å². The average Bonchev–Trinajstić information content (AvgIpc) is 3.07. The van der Waals surface area contributed by atoms with Gasteiger partial charge in [-0.15, -0.1) is 11.8 Å². The lowest BCUT2D eigenvalue weighted by Crippen LogP contribution is -2.23. The van der Waals surface area contributed by atoms with Crippen LogP contribution in [0.2, 0.25) is 0 Å². The second kappa shape index (κ2) is 8.03.